The first kappa shape index (κ1) is 7.14. The van der Waals surface area contributed by atoms with Crippen molar-refractivity contribution in [1.29, 1.82) is 5.26 Å². The van der Waals surface area contributed by atoms with Gasteiger partial charge in [0.15, 0.2) is 0 Å². The topological polar surface area (TPSA) is 49.8 Å². The summed E-state index contributed by atoms with van der Waals surface area (Å²) < 4.78 is 0. The predicted octanol–water partition coefficient (Wildman–Crippen LogP) is 1.54. The van der Waals surface area contributed by atoms with E-state index in [4.69, 9.17) is 11.0 Å². The lowest BCUT2D eigenvalue weighted by molar-refractivity contribution is 0.635. The maximum absolute atomic E-state index is 8.29. The minimum atomic E-state index is 0.500. The molecule has 2 N–H and O–H groups in total. The summed E-state index contributed by atoms with van der Waals surface area (Å²) in [6.45, 7) is 0. The first-order valence-electron chi connectivity index (χ1n) is 3.69. The number of nitrogens with zero attached hydrogens (tertiary/aromatic N) is 1. The van der Waals surface area contributed by atoms with E-state index in [9.17, 15) is 0 Å². The Bertz CT molecular complexity index is 170. The molecule has 1 fully saturated rings. The molecule has 0 aromatic carbocycles. The van der Waals surface area contributed by atoms with Crippen molar-refractivity contribution in [2.24, 2.45) is 11.7 Å². The third-order valence-corrected chi connectivity index (χ3v) is 2.06. The fraction of sp³-hybridized carbons (Fsp3) is 0.625. The Labute approximate surface area is 61.3 Å². The monoisotopic (exact) mass is 136 g/mol. The van der Waals surface area contributed by atoms with Gasteiger partial charge in [0.1, 0.15) is 0 Å². The molecule has 0 aliphatic heterocycles. The van der Waals surface area contributed by atoms with Crippen molar-refractivity contribution in [1.82, 2.24) is 0 Å². The summed E-state index contributed by atoms with van der Waals surface area (Å²) in [6, 6.07) is 1.96. The molecular formula is C8H12N2. The SMILES string of the molecule is N#C/C=C(\N)C1CCCC1. The third-order valence-electron chi connectivity index (χ3n) is 2.06. The second-order valence-electron chi connectivity index (χ2n) is 2.75. The largest absolute Gasteiger partial charge is 0.401 e. The van der Waals surface area contributed by atoms with Crippen LogP contribution in [-0.4, -0.2) is 0 Å². The number of allylic oxidation sites excluding steroid dienone is 2. The zero-order chi connectivity index (χ0) is 7.40. The zero-order valence-corrected chi connectivity index (χ0v) is 6.01. The standard InChI is InChI=1S/C8H12N2/c9-6-5-8(10)7-3-1-2-4-7/h5,7H,1-4,10H2/b8-5-. The van der Waals surface area contributed by atoms with E-state index in [0.717, 1.165) is 5.70 Å². The highest BCUT2D eigenvalue weighted by Gasteiger charge is 2.16. The van der Waals surface area contributed by atoms with Crippen molar-refractivity contribution < 1.29 is 0 Å². The maximum Gasteiger partial charge on any atom is 0.0930 e. The Kier molecular flexibility index (Phi) is 2.33. The predicted molar refractivity (Wildman–Crippen MR) is 39.8 cm³/mol. The van der Waals surface area contributed by atoms with Crippen LogP contribution in [0.25, 0.3) is 0 Å². The molecule has 0 radical (unpaired) electrons. The number of hydrogen-bond donors (Lipinski definition) is 1. The normalized spacial score (nSPS) is 20.9. The molecule has 1 aliphatic rings. The lowest BCUT2D eigenvalue weighted by Gasteiger charge is -2.06. The molecule has 0 saturated heterocycles. The molecular weight excluding hydrogens is 124 g/mol. The molecule has 0 aromatic rings. The van der Waals surface area contributed by atoms with Crippen LogP contribution < -0.4 is 5.73 Å². The Balaban J connectivity index is 2.49. The molecule has 0 amide bonds. The van der Waals surface area contributed by atoms with Crippen LogP contribution in [-0.2, 0) is 0 Å². The first-order chi connectivity index (χ1) is 4.84. The molecule has 1 aliphatic carbocycles. The molecule has 0 unspecified atom stereocenters. The summed E-state index contributed by atoms with van der Waals surface area (Å²) in [5, 5.41) is 8.29. The summed E-state index contributed by atoms with van der Waals surface area (Å²) in [6.07, 6.45) is 6.35. The van der Waals surface area contributed by atoms with Crippen molar-refractivity contribution in [2.75, 3.05) is 0 Å². The van der Waals surface area contributed by atoms with Gasteiger partial charge in [0.25, 0.3) is 0 Å². The minimum Gasteiger partial charge on any atom is -0.401 e. The number of nitrogens with two attached hydrogens (primary N) is 1. The Morgan fingerprint density at radius 1 is 1.50 bits per heavy atom. The molecule has 54 valence electrons. The Morgan fingerprint density at radius 2 is 2.10 bits per heavy atom. The van der Waals surface area contributed by atoms with Crippen molar-refractivity contribution in [3.05, 3.63) is 11.8 Å². The van der Waals surface area contributed by atoms with Crippen molar-refractivity contribution in [2.45, 2.75) is 25.7 Å². The fourth-order valence-electron chi connectivity index (χ4n) is 1.45. The zero-order valence-electron chi connectivity index (χ0n) is 6.01. The van der Waals surface area contributed by atoms with Crippen LogP contribution in [0.15, 0.2) is 11.8 Å². The van der Waals surface area contributed by atoms with E-state index in [1.165, 1.54) is 31.8 Å². The Hall–Kier alpha value is -0.970. The van der Waals surface area contributed by atoms with E-state index in [2.05, 4.69) is 0 Å². The van der Waals surface area contributed by atoms with Gasteiger partial charge in [-0.05, 0) is 18.8 Å². The smallest absolute Gasteiger partial charge is 0.0930 e. The van der Waals surface area contributed by atoms with Crippen LogP contribution >= 0.6 is 0 Å². The van der Waals surface area contributed by atoms with Gasteiger partial charge in [-0.15, -0.1) is 0 Å². The van der Waals surface area contributed by atoms with Gasteiger partial charge in [0, 0.05) is 11.8 Å². The summed E-state index contributed by atoms with van der Waals surface area (Å²) in [4.78, 5) is 0. The molecule has 1 saturated carbocycles. The van der Waals surface area contributed by atoms with Crippen LogP contribution in [0.5, 0.6) is 0 Å². The second-order valence-corrected chi connectivity index (χ2v) is 2.75. The maximum atomic E-state index is 8.29. The number of hydrogen-bond acceptors (Lipinski definition) is 2. The van der Waals surface area contributed by atoms with Gasteiger partial charge >= 0.3 is 0 Å². The van der Waals surface area contributed by atoms with Crippen LogP contribution in [0.4, 0.5) is 0 Å². The fourth-order valence-corrected chi connectivity index (χ4v) is 1.45. The molecule has 0 bridgehead atoms. The van der Waals surface area contributed by atoms with E-state index >= 15 is 0 Å². The molecule has 2 heteroatoms. The molecule has 0 heterocycles. The highest BCUT2D eigenvalue weighted by Crippen LogP contribution is 2.28. The molecule has 1 rings (SSSR count). The summed E-state index contributed by atoms with van der Waals surface area (Å²) >= 11 is 0. The van der Waals surface area contributed by atoms with Gasteiger partial charge in [0.2, 0.25) is 0 Å². The van der Waals surface area contributed by atoms with E-state index in [1.54, 1.807) is 0 Å². The summed E-state index contributed by atoms with van der Waals surface area (Å²) in [7, 11) is 0. The molecule has 0 spiro atoms. The second kappa shape index (κ2) is 3.26. The lowest BCUT2D eigenvalue weighted by Crippen LogP contribution is -2.07. The highest BCUT2D eigenvalue weighted by atomic mass is 14.6. The molecule has 0 atom stereocenters. The van der Waals surface area contributed by atoms with E-state index in [0.29, 0.717) is 5.92 Å². The number of rotatable bonds is 1. The van der Waals surface area contributed by atoms with Crippen LogP contribution in [0.1, 0.15) is 25.7 Å². The van der Waals surface area contributed by atoms with Gasteiger partial charge in [0.05, 0.1) is 6.07 Å². The summed E-state index contributed by atoms with van der Waals surface area (Å²) in [5.41, 5.74) is 6.41. The Morgan fingerprint density at radius 3 is 2.60 bits per heavy atom. The lowest BCUT2D eigenvalue weighted by atomic mass is 10.0. The van der Waals surface area contributed by atoms with Gasteiger partial charge in [-0.1, -0.05) is 12.8 Å². The number of nitriles is 1. The molecule has 2 nitrogen and oxygen atoms in total. The highest BCUT2D eigenvalue weighted by molar-refractivity contribution is 5.13. The van der Waals surface area contributed by atoms with Crippen molar-refractivity contribution in [3.63, 3.8) is 0 Å². The molecule has 10 heavy (non-hydrogen) atoms. The average molecular weight is 136 g/mol. The van der Waals surface area contributed by atoms with Crippen molar-refractivity contribution in [3.8, 4) is 6.07 Å². The van der Waals surface area contributed by atoms with E-state index in [1.807, 2.05) is 6.07 Å². The van der Waals surface area contributed by atoms with Crippen LogP contribution in [0, 0.1) is 17.2 Å². The minimum absolute atomic E-state index is 0.500. The van der Waals surface area contributed by atoms with Crippen molar-refractivity contribution >= 4 is 0 Å². The van der Waals surface area contributed by atoms with Crippen LogP contribution in [0.3, 0.4) is 0 Å². The van der Waals surface area contributed by atoms with Gasteiger partial charge in [-0.3, -0.25) is 0 Å². The third kappa shape index (κ3) is 1.51. The van der Waals surface area contributed by atoms with Gasteiger partial charge in [-0.2, -0.15) is 5.26 Å². The first-order valence-corrected chi connectivity index (χ1v) is 3.69. The molecule has 0 aromatic heterocycles. The van der Waals surface area contributed by atoms with E-state index in [-0.39, 0.29) is 0 Å². The average Bonchev–Trinajstić information content (AvgIpc) is 2.38. The van der Waals surface area contributed by atoms with Crippen LogP contribution in [0.2, 0.25) is 0 Å². The summed E-state index contributed by atoms with van der Waals surface area (Å²) in [5.74, 6) is 0.500. The van der Waals surface area contributed by atoms with E-state index < -0.39 is 0 Å². The van der Waals surface area contributed by atoms with Gasteiger partial charge in [-0.25, -0.2) is 0 Å². The quantitative estimate of drug-likeness (QED) is 0.556. The van der Waals surface area contributed by atoms with Gasteiger partial charge < -0.3 is 5.73 Å².